The van der Waals surface area contributed by atoms with Crippen LogP contribution >= 0.6 is 0 Å². The molecule has 2 aromatic rings. The molecular weight excluding hydrogens is 323 g/mol. The molecule has 0 saturated carbocycles. The van der Waals surface area contributed by atoms with E-state index in [1.807, 2.05) is 0 Å². The van der Waals surface area contributed by atoms with Crippen LogP contribution in [0, 0.1) is 0 Å². The van der Waals surface area contributed by atoms with Crippen molar-refractivity contribution in [1.82, 2.24) is 15.6 Å². The fourth-order valence-electron chi connectivity index (χ4n) is 1.96. The second kappa shape index (κ2) is 7.58. The molecule has 126 valence electrons. The van der Waals surface area contributed by atoms with Crippen molar-refractivity contribution in [2.75, 3.05) is 13.1 Å². The second-order valence-corrected chi connectivity index (χ2v) is 4.77. The van der Waals surface area contributed by atoms with Crippen molar-refractivity contribution in [2.24, 2.45) is 0 Å². The van der Waals surface area contributed by atoms with Gasteiger partial charge >= 0.3 is 6.18 Å². The third-order valence-electron chi connectivity index (χ3n) is 3.07. The number of amides is 2. The van der Waals surface area contributed by atoms with Gasteiger partial charge in [-0.15, -0.1) is 0 Å². The lowest BCUT2D eigenvalue weighted by Crippen LogP contribution is -2.35. The van der Waals surface area contributed by atoms with Crippen LogP contribution in [0.25, 0.3) is 0 Å². The highest BCUT2D eigenvalue weighted by atomic mass is 19.4. The number of nitrogens with one attached hydrogen (secondary N) is 2. The van der Waals surface area contributed by atoms with Gasteiger partial charge in [0, 0.05) is 19.3 Å². The largest absolute Gasteiger partial charge is 0.417 e. The Morgan fingerprint density at radius 3 is 2.17 bits per heavy atom. The van der Waals surface area contributed by atoms with E-state index in [0.717, 1.165) is 12.1 Å². The lowest BCUT2D eigenvalue weighted by atomic mass is 10.1. The smallest absolute Gasteiger partial charge is 0.350 e. The maximum atomic E-state index is 12.8. The minimum Gasteiger partial charge on any atom is -0.350 e. The van der Waals surface area contributed by atoms with E-state index < -0.39 is 29.1 Å². The number of hydrogen-bond acceptors (Lipinski definition) is 3. The van der Waals surface area contributed by atoms with Crippen molar-refractivity contribution in [2.45, 2.75) is 6.18 Å². The predicted molar refractivity (Wildman–Crippen MR) is 80.3 cm³/mol. The summed E-state index contributed by atoms with van der Waals surface area (Å²) < 4.78 is 38.5. The van der Waals surface area contributed by atoms with E-state index in [2.05, 4.69) is 15.6 Å². The maximum Gasteiger partial charge on any atom is 0.417 e. The van der Waals surface area contributed by atoms with Crippen molar-refractivity contribution >= 4 is 11.8 Å². The molecule has 5 nitrogen and oxygen atoms in total. The molecule has 1 heterocycles. The van der Waals surface area contributed by atoms with Crippen molar-refractivity contribution in [3.8, 4) is 0 Å². The van der Waals surface area contributed by atoms with Crippen LogP contribution in [0.15, 0.2) is 48.7 Å². The van der Waals surface area contributed by atoms with Crippen molar-refractivity contribution < 1.29 is 22.8 Å². The molecule has 0 unspecified atom stereocenters. The van der Waals surface area contributed by atoms with Crippen molar-refractivity contribution in [1.29, 1.82) is 0 Å². The van der Waals surface area contributed by atoms with Crippen LogP contribution in [0.2, 0.25) is 0 Å². The Kier molecular flexibility index (Phi) is 5.51. The molecule has 1 aromatic heterocycles. The predicted octanol–water partition coefficient (Wildman–Crippen LogP) is 2.26. The summed E-state index contributed by atoms with van der Waals surface area (Å²) in [7, 11) is 0. The highest BCUT2D eigenvalue weighted by Crippen LogP contribution is 2.31. The number of rotatable bonds is 5. The van der Waals surface area contributed by atoms with E-state index in [1.54, 1.807) is 12.1 Å². The second-order valence-electron chi connectivity index (χ2n) is 4.77. The molecule has 0 saturated heterocycles. The van der Waals surface area contributed by atoms with E-state index in [9.17, 15) is 22.8 Å². The number of nitrogens with zero attached hydrogens (tertiary/aromatic N) is 1. The molecule has 0 spiro atoms. The standard InChI is InChI=1S/C16H14F3N3O2/c17-16(18,19)12-6-2-1-5-11(12)14(23)21-9-10-22-15(24)13-7-3-4-8-20-13/h1-8H,9-10H2,(H,21,23)(H,22,24). The molecular formula is C16H14F3N3O2. The van der Waals surface area contributed by atoms with Crippen molar-refractivity contribution in [3.63, 3.8) is 0 Å². The van der Waals surface area contributed by atoms with E-state index in [4.69, 9.17) is 0 Å². The number of carbonyl (C=O) groups excluding carboxylic acids is 2. The molecule has 0 atom stereocenters. The monoisotopic (exact) mass is 337 g/mol. The zero-order chi connectivity index (χ0) is 17.6. The summed E-state index contributed by atoms with van der Waals surface area (Å²) in [6, 6.07) is 9.35. The SMILES string of the molecule is O=C(NCCNC(=O)c1ccccc1C(F)(F)F)c1ccccn1. The first-order chi connectivity index (χ1) is 11.4. The van der Waals surface area contributed by atoms with Gasteiger partial charge in [-0.25, -0.2) is 0 Å². The van der Waals surface area contributed by atoms with E-state index in [0.29, 0.717) is 0 Å². The van der Waals surface area contributed by atoms with Gasteiger partial charge in [0.25, 0.3) is 11.8 Å². The molecule has 2 amide bonds. The minimum atomic E-state index is -4.61. The molecule has 0 bridgehead atoms. The van der Waals surface area contributed by atoms with Crippen LogP contribution in [0.4, 0.5) is 13.2 Å². The summed E-state index contributed by atoms with van der Waals surface area (Å²) in [4.78, 5) is 27.5. The summed E-state index contributed by atoms with van der Waals surface area (Å²) in [5.41, 5.74) is -1.24. The quantitative estimate of drug-likeness (QED) is 0.822. The van der Waals surface area contributed by atoms with E-state index in [-0.39, 0.29) is 18.8 Å². The fraction of sp³-hybridized carbons (Fsp3) is 0.188. The third-order valence-corrected chi connectivity index (χ3v) is 3.07. The van der Waals surface area contributed by atoms with Gasteiger partial charge in [0.15, 0.2) is 0 Å². The molecule has 0 aliphatic rings. The highest BCUT2D eigenvalue weighted by molar-refractivity contribution is 5.96. The molecule has 0 fully saturated rings. The molecule has 24 heavy (non-hydrogen) atoms. The molecule has 1 aromatic carbocycles. The van der Waals surface area contributed by atoms with Crippen LogP contribution in [-0.2, 0) is 6.18 Å². The van der Waals surface area contributed by atoms with Crippen LogP contribution in [-0.4, -0.2) is 29.9 Å². The Labute approximate surface area is 135 Å². The Hall–Kier alpha value is -2.90. The van der Waals surface area contributed by atoms with Crippen LogP contribution in [0.5, 0.6) is 0 Å². The van der Waals surface area contributed by atoms with Crippen molar-refractivity contribution in [3.05, 3.63) is 65.5 Å². The summed E-state index contributed by atoms with van der Waals surface area (Å²) in [6.07, 6.45) is -3.15. The van der Waals surface area contributed by atoms with Gasteiger partial charge in [-0.1, -0.05) is 18.2 Å². The molecule has 8 heteroatoms. The number of benzene rings is 1. The lowest BCUT2D eigenvalue weighted by Gasteiger charge is -2.12. The van der Waals surface area contributed by atoms with E-state index in [1.165, 1.54) is 24.4 Å². The fourth-order valence-corrected chi connectivity index (χ4v) is 1.96. The minimum absolute atomic E-state index is 0.0103. The molecule has 2 N–H and O–H groups in total. The Morgan fingerprint density at radius 1 is 0.917 bits per heavy atom. The Bertz CT molecular complexity index is 718. The molecule has 0 radical (unpaired) electrons. The Balaban J connectivity index is 1.87. The average molecular weight is 337 g/mol. The number of pyridine rings is 1. The molecule has 0 aliphatic heterocycles. The zero-order valence-corrected chi connectivity index (χ0v) is 12.4. The topological polar surface area (TPSA) is 71.1 Å². The van der Waals surface area contributed by atoms with Gasteiger partial charge in [-0.2, -0.15) is 13.2 Å². The molecule has 0 aliphatic carbocycles. The summed E-state index contributed by atoms with van der Waals surface area (Å²) in [6.45, 7) is 0.0545. The first kappa shape index (κ1) is 17.5. The highest BCUT2D eigenvalue weighted by Gasteiger charge is 2.34. The van der Waals surface area contributed by atoms with Crippen LogP contribution in [0.1, 0.15) is 26.4 Å². The number of halogens is 3. The number of aromatic nitrogens is 1. The molecule has 2 rings (SSSR count). The maximum absolute atomic E-state index is 12.8. The third kappa shape index (κ3) is 4.55. The Morgan fingerprint density at radius 2 is 1.54 bits per heavy atom. The first-order valence-electron chi connectivity index (χ1n) is 7.03. The van der Waals surface area contributed by atoms with Gasteiger partial charge in [-0.3, -0.25) is 14.6 Å². The van der Waals surface area contributed by atoms with Gasteiger partial charge < -0.3 is 10.6 Å². The van der Waals surface area contributed by atoms with Gasteiger partial charge in [0.1, 0.15) is 5.69 Å². The summed E-state index contributed by atoms with van der Waals surface area (Å²) in [5.74, 6) is -1.28. The van der Waals surface area contributed by atoms with Crippen LogP contribution in [0.3, 0.4) is 0 Å². The lowest BCUT2D eigenvalue weighted by molar-refractivity contribution is -0.137. The van der Waals surface area contributed by atoms with Gasteiger partial charge in [0.2, 0.25) is 0 Å². The summed E-state index contributed by atoms with van der Waals surface area (Å²) >= 11 is 0. The number of carbonyl (C=O) groups is 2. The van der Waals surface area contributed by atoms with Gasteiger partial charge in [-0.05, 0) is 24.3 Å². The average Bonchev–Trinajstić information content (AvgIpc) is 2.58. The van der Waals surface area contributed by atoms with E-state index >= 15 is 0 Å². The zero-order valence-electron chi connectivity index (χ0n) is 12.4. The number of hydrogen-bond donors (Lipinski definition) is 2. The number of alkyl halides is 3. The normalized spacial score (nSPS) is 11.0. The first-order valence-corrected chi connectivity index (χ1v) is 7.03. The van der Waals surface area contributed by atoms with Gasteiger partial charge in [0.05, 0.1) is 11.1 Å². The summed E-state index contributed by atoms with van der Waals surface area (Å²) in [5, 5.41) is 4.86. The van der Waals surface area contributed by atoms with Crippen LogP contribution < -0.4 is 10.6 Å².